The van der Waals surface area contributed by atoms with E-state index in [0.29, 0.717) is 0 Å². The molecule has 0 aliphatic carbocycles. The summed E-state index contributed by atoms with van der Waals surface area (Å²) < 4.78 is 0. The number of aliphatic hydroxyl groups excluding tert-OH is 2. The molecule has 18 radical (unpaired) electrons. The second-order valence-corrected chi connectivity index (χ2v) is 12.2. The normalized spacial score (nSPS) is 15.2. The second kappa shape index (κ2) is 28.3. The van der Waals surface area contributed by atoms with E-state index in [-0.39, 0.29) is 43.6 Å². The molecule has 2 fully saturated rings. The predicted octanol–water partition coefficient (Wildman–Crippen LogP) is -6.84. The van der Waals surface area contributed by atoms with Gasteiger partial charge in [0.25, 0.3) is 0 Å². The Bertz CT molecular complexity index is 1000. The minimum absolute atomic E-state index is 0. The van der Waals surface area contributed by atoms with Crippen LogP contribution in [-0.4, -0.2) is 210 Å². The van der Waals surface area contributed by atoms with Gasteiger partial charge < -0.3 is 31.8 Å². The topological polar surface area (TPSA) is 134 Å². The summed E-state index contributed by atoms with van der Waals surface area (Å²) in [6, 6.07) is 21.0. The fourth-order valence-electron chi connectivity index (χ4n) is 5.67. The molecule has 0 aromatic heterocycles. The Hall–Kier alpha value is -0.179. The summed E-state index contributed by atoms with van der Waals surface area (Å²) in [6.45, 7) is 8.72. The molecule has 0 saturated carbocycles. The van der Waals surface area contributed by atoms with Crippen LogP contribution in [0.15, 0.2) is 60.7 Å². The van der Waals surface area contributed by atoms with Crippen molar-refractivity contribution in [1.29, 1.82) is 0 Å². The van der Waals surface area contributed by atoms with Gasteiger partial charge in [-0.2, -0.15) is 0 Å². The van der Waals surface area contributed by atoms with Gasteiger partial charge in [-0.25, -0.2) is 0 Å². The molecule has 0 unspecified atom stereocenters. The smallest absolute Gasteiger partial charge is 0.0794 e. The van der Waals surface area contributed by atoms with E-state index in [1.807, 2.05) is 12.1 Å². The van der Waals surface area contributed by atoms with Crippen LogP contribution in [0.5, 0.6) is 0 Å². The van der Waals surface area contributed by atoms with Crippen LogP contribution < -0.4 is 10.6 Å². The summed E-state index contributed by atoms with van der Waals surface area (Å²) in [7, 11) is 50.4. The summed E-state index contributed by atoms with van der Waals surface area (Å²) in [4.78, 5) is 4.70. The van der Waals surface area contributed by atoms with E-state index in [0.717, 1.165) is 65.4 Å². The number of benzene rings is 2. The number of aliphatic hydroxyl groups is 2. The van der Waals surface area contributed by atoms with Crippen molar-refractivity contribution in [2.75, 3.05) is 52.4 Å². The number of nitrogens with one attached hydrogen (secondary N) is 2. The zero-order valence-corrected chi connectivity index (χ0v) is 29.9. The first-order valence-electron chi connectivity index (χ1n) is 16.0. The van der Waals surface area contributed by atoms with Gasteiger partial charge in [0.2, 0.25) is 0 Å². The maximum atomic E-state index is 10.3. The SMILES string of the molecule is O.O.OC1CN(Cc2ccccc2)CCN(Cc2ccccc2)C1.OC1CNCCNC1.[B]B([B])B([B])B(B([B])[B])B(B([B])[B])B([B])[B].[Pd]. The van der Waals surface area contributed by atoms with Crippen LogP contribution in [0.4, 0.5) is 0 Å². The van der Waals surface area contributed by atoms with Gasteiger partial charge in [-0.05, 0) is 11.1 Å². The molecule has 25 heteroatoms. The van der Waals surface area contributed by atoms with Gasteiger partial charge in [0.15, 0.2) is 0 Å². The van der Waals surface area contributed by atoms with Crippen LogP contribution in [0.2, 0.25) is 0 Å². The van der Waals surface area contributed by atoms with Gasteiger partial charge in [-0.15, -0.1) is 0 Å². The Morgan fingerprint density at radius 2 is 0.939 bits per heavy atom. The Kier molecular flexibility index (Phi) is 29.5. The number of rotatable bonds is 10. The molecule has 2 aliphatic rings. The molecule has 2 saturated heterocycles. The van der Waals surface area contributed by atoms with Crippen molar-refractivity contribution < 1.29 is 41.6 Å². The third-order valence-electron chi connectivity index (χ3n) is 8.07. The molecule has 2 aliphatic heterocycles. The molecule has 2 heterocycles. The number of nitrogens with zero attached hydrogens (tertiary/aromatic N) is 2. The van der Waals surface area contributed by atoms with Crippen molar-refractivity contribution in [3.05, 3.63) is 71.8 Å². The summed E-state index contributed by atoms with van der Waals surface area (Å²) in [5.41, 5.74) is 2.62. The molecule has 2 aromatic carbocycles. The summed E-state index contributed by atoms with van der Waals surface area (Å²) >= 11 is 0. The molecular formula is C24H40B16N4O4Pd. The zero-order valence-electron chi connectivity index (χ0n) is 28.3. The summed E-state index contributed by atoms with van der Waals surface area (Å²) in [6.07, 6.45) is -5.50. The number of hydrogen-bond acceptors (Lipinski definition) is 6. The molecule has 8 nitrogen and oxygen atoms in total. The molecule has 4 rings (SSSR count). The minimum Gasteiger partial charge on any atom is -0.412 e. The Labute approximate surface area is 324 Å². The van der Waals surface area contributed by atoms with E-state index in [9.17, 15) is 5.11 Å². The molecule has 0 atom stereocenters. The molecule has 238 valence electrons. The molecule has 2 aromatic rings. The fourth-order valence-corrected chi connectivity index (χ4v) is 5.67. The van der Waals surface area contributed by atoms with Gasteiger partial charge in [-0.1, -0.05) is 60.7 Å². The molecule has 0 bridgehead atoms. The standard InChI is InChI=1S/C19H24N2O.C5H12N2O.B16.2H2O.Pd/c22-19-15-20(13-17-7-3-1-4-8-17)11-12-21(16-19)14-18-9-5-2-6-10-18;8-5-3-6-1-2-7-4-5;1-10(2)14(9)16(13(7)8)15(11(3)4)12(5)6;;;/h1-10,19,22H,11-16H2;5-8H,1-4H2;;2*1H2;. The monoisotopic (exact) mass is 730 g/mol. The average molecular weight is 728 g/mol. The van der Waals surface area contributed by atoms with E-state index < -0.39 is 44.7 Å². The van der Waals surface area contributed by atoms with Crippen molar-refractivity contribution in [2.24, 2.45) is 0 Å². The maximum Gasteiger partial charge on any atom is 0.0794 e. The van der Waals surface area contributed by atoms with Crippen LogP contribution in [0.3, 0.4) is 0 Å². The molecule has 8 N–H and O–H groups in total. The molecule has 49 heavy (non-hydrogen) atoms. The molecule has 0 spiro atoms. The Morgan fingerprint density at radius 1 is 0.571 bits per heavy atom. The van der Waals surface area contributed by atoms with Crippen molar-refractivity contribution in [3.8, 4) is 0 Å². The first kappa shape index (κ1) is 50.9. The fraction of sp³-hybridized carbons (Fsp3) is 0.500. The van der Waals surface area contributed by atoms with Crippen molar-refractivity contribution in [2.45, 2.75) is 25.3 Å². The van der Waals surface area contributed by atoms with E-state index in [1.165, 1.54) is 11.1 Å². The van der Waals surface area contributed by atoms with E-state index in [1.54, 1.807) is 0 Å². The van der Waals surface area contributed by atoms with Crippen LogP contribution in [0.25, 0.3) is 0 Å². The average Bonchev–Trinajstić information content (AvgIpc) is 3.35. The van der Waals surface area contributed by atoms with E-state index in [4.69, 9.17) is 74.7 Å². The quantitative estimate of drug-likeness (QED) is 0.180. The Balaban J connectivity index is 0. The van der Waals surface area contributed by atoms with Gasteiger partial charge >= 0.3 is 0 Å². The van der Waals surface area contributed by atoms with Crippen LogP contribution in [0.1, 0.15) is 11.1 Å². The Morgan fingerprint density at radius 3 is 1.27 bits per heavy atom. The zero-order chi connectivity index (χ0) is 34.1. The third kappa shape index (κ3) is 20.6. The van der Waals surface area contributed by atoms with E-state index in [2.05, 4.69) is 69.0 Å². The minimum atomic E-state index is -0.807. The van der Waals surface area contributed by atoms with Crippen LogP contribution >= 0.6 is 0 Å². The number of hydrogen-bond donors (Lipinski definition) is 4. The van der Waals surface area contributed by atoms with Crippen molar-refractivity contribution in [3.63, 3.8) is 0 Å². The second-order valence-electron chi connectivity index (χ2n) is 12.2. The van der Waals surface area contributed by atoms with Gasteiger partial charge in [0.05, 0.1) is 12.2 Å². The van der Waals surface area contributed by atoms with Gasteiger partial charge in [0, 0.05) is 200 Å². The van der Waals surface area contributed by atoms with Crippen LogP contribution in [0, 0.1) is 0 Å². The third-order valence-corrected chi connectivity index (χ3v) is 8.07. The first-order chi connectivity index (χ1) is 21.9. The molecule has 0 amide bonds. The largest absolute Gasteiger partial charge is 0.412 e. The van der Waals surface area contributed by atoms with Crippen molar-refractivity contribution >= 4 is 114 Å². The van der Waals surface area contributed by atoms with Gasteiger partial charge in [-0.3, -0.25) is 9.80 Å². The van der Waals surface area contributed by atoms with Crippen LogP contribution in [-0.2, 0) is 33.5 Å². The molecular weight excluding hydrogens is 688 g/mol. The van der Waals surface area contributed by atoms with Gasteiger partial charge in [0.1, 0.15) is 0 Å². The maximum absolute atomic E-state index is 10.3. The number of β-amino-alcohol motifs (C(OH)–C–C–N with tert-alkyl or cyclic N) is 2. The predicted molar refractivity (Wildman–Crippen MR) is 220 cm³/mol. The summed E-state index contributed by atoms with van der Waals surface area (Å²) in [5.74, 6) is 0. The van der Waals surface area contributed by atoms with Crippen molar-refractivity contribution in [1.82, 2.24) is 20.4 Å². The summed E-state index contributed by atoms with van der Waals surface area (Å²) in [5, 5.41) is 25.4. The first-order valence-corrected chi connectivity index (χ1v) is 16.0. The van der Waals surface area contributed by atoms with E-state index >= 15 is 0 Å².